The van der Waals surface area contributed by atoms with Gasteiger partial charge in [0.15, 0.2) is 0 Å². The summed E-state index contributed by atoms with van der Waals surface area (Å²) < 4.78 is 0. The number of pyridine rings is 1. The summed E-state index contributed by atoms with van der Waals surface area (Å²) in [7, 11) is 0. The lowest BCUT2D eigenvalue weighted by Crippen LogP contribution is -1.99. The Morgan fingerprint density at radius 1 is 1.07 bits per heavy atom. The van der Waals surface area contributed by atoms with Crippen molar-refractivity contribution in [2.75, 3.05) is 11.5 Å². The van der Waals surface area contributed by atoms with Gasteiger partial charge in [-0.25, -0.2) is 4.98 Å². The number of aromatic nitrogens is 1. The molecule has 3 nitrogen and oxygen atoms in total. The van der Waals surface area contributed by atoms with Crippen LogP contribution >= 0.6 is 0 Å². The average Bonchev–Trinajstić information content (AvgIpc) is 2.24. The van der Waals surface area contributed by atoms with Gasteiger partial charge in [0.2, 0.25) is 0 Å². The molecule has 4 N–H and O–H groups in total. The minimum absolute atomic E-state index is 0.462. The highest BCUT2D eigenvalue weighted by atomic mass is 14.8. The molecular formula is C12H13N3. The maximum absolute atomic E-state index is 5.85. The molecule has 0 fully saturated rings. The Morgan fingerprint density at radius 2 is 1.80 bits per heavy atom. The second-order valence-electron chi connectivity index (χ2n) is 3.47. The highest BCUT2D eigenvalue weighted by molar-refractivity contribution is 5.53. The molecule has 76 valence electrons. The van der Waals surface area contributed by atoms with E-state index < -0.39 is 0 Å². The molecule has 1 heterocycles. The Hall–Kier alpha value is -2.03. The fourth-order valence-corrected chi connectivity index (χ4v) is 1.48. The van der Waals surface area contributed by atoms with E-state index in [9.17, 15) is 0 Å². The average molecular weight is 199 g/mol. The van der Waals surface area contributed by atoms with Crippen molar-refractivity contribution in [3.05, 3.63) is 53.7 Å². The molecule has 0 bridgehead atoms. The van der Waals surface area contributed by atoms with Gasteiger partial charge in [-0.3, -0.25) is 0 Å². The van der Waals surface area contributed by atoms with Crippen LogP contribution < -0.4 is 11.5 Å². The van der Waals surface area contributed by atoms with Crippen LogP contribution in [0.25, 0.3) is 0 Å². The molecule has 2 aromatic rings. The van der Waals surface area contributed by atoms with Crippen LogP contribution in [0.2, 0.25) is 0 Å². The summed E-state index contributed by atoms with van der Waals surface area (Å²) in [5.74, 6) is 0.462. The van der Waals surface area contributed by atoms with E-state index in [-0.39, 0.29) is 0 Å². The van der Waals surface area contributed by atoms with Crippen LogP contribution in [-0.4, -0.2) is 4.98 Å². The van der Waals surface area contributed by atoms with Gasteiger partial charge >= 0.3 is 0 Å². The van der Waals surface area contributed by atoms with Crippen molar-refractivity contribution in [1.82, 2.24) is 4.98 Å². The van der Waals surface area contributed by atoms with Crippen LogP contribution in [0.1, 0.15) is 11.1 Å². The quantitative estimate of drug-likeness (QED) is 0.775. The van der Waals surface area contributed by atoms with E-state index >= 15 is 0 Å². The van der Waals surface area contributed by atoms with Crippen LogP contribution in [0.3, 0.4) is 0 Å². The number of hydrogen-bond donors (Lipinski definition) is 2. The lowest BCUT2D eigenvalue weighted by atomic mass is 10.1. The molecule has 0 spiro atoms. The Kier molecular flexibility index (Phi) is 2.54. The smallest absolute Gasteiger partial charge is 0.125 e. The Labute approximate surface area is 88.8 Å². The van der Waals surface area contributed by atoms with Crippen molar-refractivity contribution in [3.8, 4) is 0 Å². The molecule has 0 amide bonds. The van der Waals surface area contributed by atoms with Crippen molar-refractivity contribution in [2.45, 2.75) is 6.42 Å². The topological polar surface area (TPSA) is 64.9 Å². The fraction of sp³-hybridized carbons (Fsp3) is 0.0833. The fourth-order valence-electron chi connectivity index (χ4n) is 1.48. The van der Waals surface area contributed by atoms with E-state index in [0.29, 0.717) is 11.5 Å². The number of nitrogens with zero attached hydrogens (tertiary/aromatic N) is 1. The van der Waals surface area contributed by atoms with Crippen molar-refractivity contribution in [2.24, 2.45) is 0 Å². The zero-order valence-corrected chi connectivity index (χ0v) is 8.35. The lowest BCUT2D eigenvalue weighted by Gasteiger charge is -2.05. The van der Waals surface area contributed by atoms with E-state index in [2.05, 4.69) is 17.1 Å². The van der Waals surface area contributed by atoms with Crippen molar-refractivity contribution in [3.63, 3.8) is 0 Å². The Bertz CT molecular complexity index is 452. The molecule has 0 unspecified atom stereocenters. The Morgan fingerprint density at radius 3 is 2.47 bits per heavy atom. The van der Waals surface area contributed by atoms with Crippen LogP contribution in [0.5, 0.6) is 0 Å². The molecule has 2 rings (SSSR count). The Balaban J connectivity index is 2.25. The second-order valence-corrected chi connectivity index (χ2v) is 3.47. The third-order valence-electron chi connectivity index (χ3n) is 2.28. The maximum atomic E-state index is 5.85. The maximum Gasteiger partial charge on any atom is 0.125 e. The molecule has 0 saturated heterocycles. The van der Waals surface area contributed by atoms with Gasteiger partial charge in [0.1, 0.15) is 5.82 Å². The molecule has 3 heteroatoms. The van der Waals surface area contributed by atoms with E-state index in [0.717, 1.165) is 12.0 Å². The van der Waals surface area contributed by atoms with Gasteiger partial charge < -0.3 is 11.5 Å². The minimum atomic E-state index is 0.462. The van der Waals surface area contributed by atoms with Crippen molar-refractivity contribution in [1.29, 1.82) is 0 Å². The summed E-state index contributed by atoms with van der Waals surface area (Å²) in [6.07, 6.45) is 2.53. The predicted molar refractivity (Wildman–Crippen MR) is 62.3 cm³/mol. The van der Waals surface area contributed by atoms with E-state index in [1.54, 1.807) is 12.3 Å². The van der Waals surface area contributed by atoms with Gasteiger partial charge in [-0.05, 0) is 11.1 Å². The SMILES string of the molecule is Nc1cc(N)c(Cc2ccccc2)cn1. The van der Waals surface area contributed by atoms with Crippen LogP contribution in [0.15, 0.2) is 42.6 Å². The number of hydrogen-bond acceptors (Lipinski definition) is 3. The highest BCUT2D eigenvalue weighted by Gasteiger charge is 2.01. The van der Waals surface area contributed by atoms with Crippen LogP contribution in [-0.2, 0) is 6.42 Å². The molecule has 0 aliphatic heterocycles. The molecular weight excluding hydrogens is 186 g/mol. The van der Waals surface area contributed by atoms with Gasteiger partial charge in [0, 0.05) is 24.4 Å². The molecule has 0 saturated carbocycles. The van der Waals surface area contributed by atoms with E-state index in [1.807, 2.05) is 18.2 Å². The van der Waals surface area contributed by atoms with Gasteiger partial charge in [0.25, 0.3) is 0 Å². The highest BCUT2D eigenvalue weighted by Crippen LogP contribution is 2.16. The number of anilines is 2. The monoisotopic (exact) mass is 199 g/mol. The number of nitrogen functional groups attached to an aromatic ring is 2. The zero-order valence-electron chi connectivity index (χ0n) is 8.35. The minimum Gasteiger partial charge on any atom is -0.398 e. The third kappa shape index (κ3) is 2.26. The zero-order chi connectivity index (χ0) is 10.7. The molecule has 15 heavy (non-hydrogen) atoms. The third-order valence-corrected chi connectivity index (χ3v) is 2.28. The number of nitrogens with two attached hydrogens (primary N) is 2. The van der Waals surface area contributed by atoms with Crippen LogP contribution in [0, 0.1) is 0 Å². The summed E-state index contributed by atoms with van der Waals surface area (Å²) in [5, 5.41) is 0. The predicted octanol–water partition coefficient (Wildman–Crippen LogP) is 1.84. The number of benzene rings is 1. The first-order chi connectivity index (χ1) is 7.25. The first-order valence-corrected chi connectivity index (χ1v) is 4.79. The molecule has 0 radical (unpaired) electrons. The largest absolute Gasteiger partial charge is 0.398 e. The van der Waals surface area contributed by atoms with Crippen molar-refractivity contribution < 1.29 is 0 Å². The van der Waals surface area contributed by atoms with E-state index in [1.165, 1.54) is 5.56 Å². The summed E-state index contributed by atoms with van der Waals surface area (Å²) in [5.41, 5.74) is 14.3. The standard InChI is InChI=1S/C12H13N3/c13-11-7-12(14)15-8-10(11)6-9-4-2-1-3-5-9/h1-5,7-8H,6H2,(H4,13,14,15). The second kappa shape index (κ2) is 4.00. The molecule has 0 atom stereocenters. The number of rotatable bonds is 2. The lowest BCUT2D eigenvalue weighted by molar-refractivity contribution is 1.15. The summed E-state index contributed by atoms with van der Waals surface area (Å²) in [4.78, 5) is 4.03. The summed E-state index contributed by atoms with van der Waals surface area (Å²) in [6.45, 7) is 0. The van der Waals surface area contributed by atoms with Gasteiger partial charge in [-0.2, -0.15) is 0 Å². The molecule has 0 aliphatic carbocycles. The summed E-state index contributed by atoms with van der Waals surface area (Å²) >= 11 is 0. The van der Waals surface area contributed by atoms with Gasteiger partial charge in [0.05, 0.1) is 0 Å². The van der Waals surface area contributed by atoms with Crippen LogP contribution in [0.4, 0.5) is 11.5 Å². The molecule has 1 aromatic carbocycles. The van der Waals surface area contributed by atoms with Gasteiger partial charge in [-0.1, -0.05) is 30.3 Å². The molecule has 1 aromatic heterocycles. The first kappa shape index (κ1) is 9.52. The van der Waals surface area contributed by atoms with E-state index in [4.69, 9.17) is 11.5 Å². The summed E-state index contributed by atoms with van der Waals surface area (Å²) in [6, 6.07) is 11.8. The first-order valence-electron chi connectivity index (χ1n) is 4.79. The van der Waals surface area contributed by atoms with Crippen molar-refractivity contribution >= 4 is 11.5 Å². The molecule has 0 aliphatic rings. The van der Waals surface area contributed by atoms with Gasteiger partial charge in [-0.15, -0.1) is 0 Å². The normalized spacial score (nSPS) is 10.1.